The fraction of sp³-hybridized carbons (Fsp3) is 0.500. The first-order valence-electron chi connectivity index (χ1n) is 6.94. The topological polar surface area (TPSA) is 45.2 Å². The van der Waals surface area contributed by atoms with Gasteiger partial charge in [0.25, 0.3) is 0 Å². The van der Waals surface area contributed by atoms with Gasteiger partial charge in [-0.3, -0.25) is 0 Å². The Hall–Kier alpha value is -1.32. The van der Waals surface area contributed by atoms with E-state index in [9.17, 15) is 5.11 Å². The first-order valence-corrected chi connectivity index (χ1v) is 6.94. The van der Waals surface area contributed by atoms with Gasteiger partial charge in [-0.1, -0.05) is 32.0 Å². The van der Waals surface area contributed by atoms with Crippen molar-refractivity contribution in [2.45, 2.75) is 19.3 Å². The molecule has 0 amide bonds. The first kappa shape index (κ1) is 12.7. The molecule has 1 aromatic carbocycles. The highest BCUT2D eigenvalue weighted by molar-refractivity contribution is 5.84. The lowest BCUT2D eigenvalue weighted by atomic mass is 9.65. The van der Waals surface area contributed by atoms with Crippen LogP contribution in [-0.4, -0.2) is 29.9 Å². The lowest BCUT2D eigenvalue weighted by molar-refractivity contribution is -0.110. The number of hydrogen-bond acceptors (Lipinski definition) is 2. The summed E-state index contributed by atoms with van der Waals surface area (Å²) in [5.41, 5.74) is 2.41. The van der Waals surface area contributed by atoms with Crippen molar-refractivity contribution >= 4 is 10.9 Å². The monoisotopic (exact) mass is 259 g/mol. The van der Waals surface area contributed by atoms with E-state index in [-0.39, 0.29) is 17.9 Å². The van der Waals surface area contributed by atoms with E-state index in [0.29, 0.717) is 19.1 Å². The molecule has 0 spiro atoms. The van der Waals surface area contributed by atoms with Crippen molar-refractivity contribution < 1.29 is 9.84 Å². The number of hydrogen-bond donors (Lipinski definition) is 2. The molecule has 1 aromatic heterocycles. The van der Waals surface area contributed by atoms with E-state index in [1.54, 1.807) is 0 Å². The molecule has 1 aliphatic rings. The van der Waals surface area contributed by atoms with Crippen molar-refractivity contribution in [2.75, 3.05) is 19.8 Å². The molecule has 1 fully saturated rings. The first-order chi connectivity index (χ1) is 9.19. The number of ether oxygens (including phenoxy) is 1. The Balaban J connectivity index is 2.11. The second-order valence-corrected chi connectivity index (χ2v) is 5.93. The molecule has 0 bridgehead atoms. The summed E-state index contributed by atoms with van der Waals surface area (Å²) >= 11 is 0. The number of aliphatic hydroxyl groups excluding tert-OH is 1. The Kier molecular flexibility index (Phi) is 3.11. The summed E-state index contributed by atoms with van der Waals surface area (Å²) < 4.78 is 5.52. The molecule has 19 heavy (non-hydrogen) atoms. The number of H-pyrrole nitrogens is 1. The lowest BCUT2D eigenvalue weighted by Crippen LogP contribution is -2.55. The predicted octanol–water partition coefficient (Wildman–Crippen LogP) is 2.70. The van der Waals surface area contributed by atoms with E-state index in [4.69, 9.17) is 4.74 Å². The minimum absolute atomic E-state index is 0.0392. The molecule has 102 valence electrons. The van der Waals surface area contributed by atoms with Gasteiger partial charge < -0.3 is 14.8 Å². The molecule has 1 atom stereocenters. The summed E-state index contributed by atoms with van der Waals surface area (Å²) in [6, 6.07) is 8.35. The van der Waals surface area contributed by atoms with Crippen LogP contribution in [0.25, 0.3) is 10.9 Å². The summed E-state index contributed by atoms with van der Waals surface area (Å²) in [6.45, 7) is 5.97. The minimum atomic E-state index is -0.0392. The Morgan fingerprint density at radius 2 is 2.05 bits per heavy atom. The van der Waals surface area contributed by atoms with Crippen LogP contribution in [0.1, 0.15) is 19.4 Å². The second kappa shape index (κ2) is 4.66. The van der Waals surface area contributed by atoms with Gasteiger partial charge in [-0.2, -0.15) is 0 Å². The molecule has 1 unspecified atom stereocenters. The van der Waals surface area contributed by atoms with Gasteiger partial charge in [0.2, 0.25) is 0 Å². The predicted molar refractivity (Wildman–Crippen MR) is 76.2 cm³/mol. The van der Waals surface area contributed by atoms with Crippen molar-refractivity contribution in [3.05, 3.63) is 36.0 Å². The summed E-state index contributed by atoms with van der Waals surface area (Å²) in [6.07, 6.45) is 2.10. The van der Waals surface area contributed by atoms with Crippen LogP contribution in [0.4, 0.5) is 0 Å². The maximum Gasteiger partial charge on any atom is 0.0590 e. The third-order valence-electron chi connectivity index (χ3n) is 4.56. The van der Waals surface area contributed by atoms with Crippen molar-refractivity contribution in [1.82, 2.24) is 4.98 Å². The molecule has 0 aliphatic carbocycles. The van der Waals surface area contributed by atoms with Crippen LogP contribution in [0, 0.1) is 11.8 Å². The van der Waals surface area contributed by atoms with Gasteiger partial charge in [0.1, 0.15) is 0 Å². The van der Waals surface area contributed by atoms with Crippen LogP contribution >= 0.6 is 0 Å². The lowest BCUT2D eigenvalue weighted by Gasteiger charge is -2.48. The van der Waals surface area contributed by atoms with Gasteiger partial charge in [-0.25, -0.2) is 0 Å². The normalized spacial score (nSPS) is 19.6. The number of aromatic amines is 1. The average molecular weight is 259 g/mol. The summed E-state index contributed by atoms with van der Waals surface area (Å²) in [4.78, 5) is 3.34. The van der Waals surface area contributed by atoms with Crippen LogP contribution in [0.3, 0.4) is 0 Å². The number of aromatic nitrogens is 1. The molecule has 3 rings (SSSR count). The molecule has 3 nitrogen and oxygen atoms in total. The smallest absolute Gasteiger partial charge is 0.0590 e. The van der Waals surface area contributed by atoms with Gasteiger partial charge in [-0.05, 0) is 23.5 Å². The van der Waals surface area contributed by atoms with E-state index in [2.05, 4.69) is 43.2 Å². The highest BCUT2D eigenvalue weighted by Gasteiger charge is 2.49. The molecule has 0 saturated carbocycles. The molecule has 2 N–H and O–H groups in total. The number of aliphatic hydroxyl groups is 1. The van der Waals surface area contributed by atoms with E-state index in [0.717, 1.165) is 5.52 Å². The molecule has 2 heterocycles. The van der Waals surface area contributed by atoms with Gasteiger partial charge in [0.05, 0.1) is 13.2 Å². The summed E-state index contributed by atoms with van der Waals surface area (Å²) in [7, 11) is 0. The van der Waals surface area contributed by atoms with Gasteiger partial charge in [0.15, 0.2) is 0 Å². The molecular weight excluding hydrogens is 238 g/mol. The van der Waals surface area contributed by atoms with Gasteiger partial charge in [0, 0.05) is 29.1 Å². The van der Waals surface area contributed by atoms with Crippen LogP contribution in [0.5, 0.6) is 0 Å². The summed E-state index contributed by atoms with van der Waals surface area (Å²) in [5.74, 6) is 0.669. The van der Waals surface area contributed by atoms with E-state index in [1.165, 1.54) is 10.9 Å². The third kappa shape index (κ3) is 1.80. The number of fused-ring (bicyclic) bond motifs is 1. The fourth-order valence-corrected chi connectivity index (χ4v) is 3.40. The Morgan fingerprint density at radius 3 is 2.63 bits per heavy atom. The average Bonchev–Trinajstić information content (AvgIpc) is 2.77. The number of benzene rings is 1. The van der Waals surface area contributed by atoms with Crippen LogP contribution in [0.2, 0.25) is 0 Å². The zero-order valence-corrected chi connectivity index (χ0v) is 11.5. The van der Waals surface area contributed by atoms with Crippen molar-refractivity contribution in [3.8, 4) is 0 Å². The standard InChI is InChI=1S/C16H21NO2/c1-11(2)14(8-18)16(9-19-10-16)13-7-17-15-6-4-3-5-12(13)15/h3-7,11,14,17-18H,8-10H2,1-2H3. The highest BCUT2D eigenvalue weighted by Crippen LogP contribution is 2.45. The fourth-order valence-electron chi connectivity index (χ4n) is 3.40. The Bertz CT molecular complexity index is 569. The van der Waals surface area contributed by atoms with Crippen LogP contribution < -0.4 is 0 Å². The van der Waals surface area contributed by atoms with Crippen molar-refractivity contribution in [1.29, 1.82) is 0 Å². The summed E-state index contributed by atoms with van der Waals surface area (Å²) in [5, 5.41) is 11.1. The second-order valence-electron chi connectivity index (χ2n) is 5.93. The highest BCUT2D eigenvalue weighted by atomic mass is 16.5. The van der Waals surface area contributed by atoms with E-state index < -0.39 is 0 Å². The van der Waals surface area contributed by atoms with Gasteiger partial charge in [-0.15, -0.1) is 0 Å². The van der Waals surface area contributed by atoms with Crippen LogP contribution in [0.15, 0.2) is 30.5 Å². The molecule has 0 radical (unpaired) electrons. The van der Waals surface area contributed by atoms with Gasteiger partial charge >= 0.3 is 0 Å². The number of nitrogens with one attached hydrogen (secondary N) is 1. The molecular formula is C16H21NO2. The zero-order valence-electron chi connectivity index (χ0n) is 11.5. The largest absolute Gasteiger partial charge is 0.396 e. The van der Waals surface area contributed by atoms with Crippen molar-refractivity contribution in [3.63, 3.8) is 0 Å². The molecule has 1 aliphatic heterocycles. The Morgan fingerprint density at radius 1 is 1.32 bits per heavy atom. The number of para-hydroxylation sites is 1. The molecule has 2 aromatic rings. The quantitative estimate of drug-likeness (QED) is 0.886. The number of rotatable bonds is 4. The third-order valence-corrected chi connectivity index (χ3v) is 4.56. The SMILES string of the molecule is CC(C)C(CO)C1(c2c[nH]c3ccccc23)COC1. The Labute approximate surface area is 113 Å². The van der Waals surface area contributed by atoms with Crippen LogP contribution in [-0.2, 0) is 10.2 Å². The minimum Gasteiger partial charge on any atom is -0.396 e. The maximum absolute atomic E-state index is 9.80. The van der Waals surface area contributed by atoms with E-state index >= 15 is 0 Å². The molecule has 3 heteroatoms. The van der Waals surface area contributed by atoms with E-state index in [1.807, 2.05) is 6.07 Å². The molecule has 1 saturated heterocycles. The van der Waals surface area contributed by atoms with Crippen molar-refractivity contribution in [2.24, 2.45) is 11.8 Å². The zero-order chi connectivity index (χ0) is 13.5. The maximum atomic E-state index is 9.80.